The molecule has 0 aromatic carbocycles. The Kier molecular flexibility index (Phi) is 4.86. The fraction of sp³-hybridized carbons (Fsp3) is 0.545. The second-order valence-electron chi connectivity index (χ2n) is 4.90. The molecule has 2 unspecified atom stereocenters. The van der Waals surface area contributed by atoms with Crippen molar-refractivity contribution in [1.29, 1.82) is 0 Å². The highest BCUT2D eigenvalue weighted by atomic mass is 31.2. The van der Waals surface area contributed by atoms with E-state index in [2.05, 4.69) is 15.6 Å². The summed E-state index contributed by atoms with van der Waals surface area (Å²) in [7, 11) is -3.77. The SMILES string of the molecule is C#Cn1c(C(N)=O)nc[n+]1[C@@H]1O[C@H](COP(C)(=O)O)[C@H](O)C1O. The quantitative estimate of drug-likeness (QED) is 0.252. The van der Waals surface area contributed by atoms with Gasteiger partial charge in [0, 0.05) is 6.66 Å². The lowest BCUT2D eigenvalue weighted by molar-refractivity contribution is -0.825. The molecule has 2 rings (SSSR count). The molecule has 11 nitrogen and oxygen atoms in total. The van der Waals surface area contributed by atoms with Gasteiger partial charge in [-0.1, -0.05) is 11.1 Å². The predicted octanol–water partition coefficient (Wildman–Crippen LogP) is -2.84. The predicted molar refractivity (Wildman–Crippen MR) is 72.8 cm³/mol. The summed E-state index contributed by atoms with van der Waals surface area (Å²) in [6.07, 6.45) is 1.28. The summed E-state index contributed by atoms with van der Waals surface area (Å²) in [5.74, 6) is -1.15. The van der Waals surface area contributed by atoms with Gasteiger partial charge >= 0.3 is 25.7 Å². The van der Waals surface area contributed by atoms with Crippen LogP contribution in [0.3, 0.4) is 0 Å². The Bertz CT molecular complexity index is 693. The van der Waals surface area contributed by atoms with Crippen molar-refractivity contribution in [3.05, 3.63) is 12.2 Å². The first kappa shape index (κ1) is 17.6. The third-order valence-electron chi connectivity index (χ3n) is 3.15. The van der Waals surface area contributed by atoms with E-state index in [1.165, 1.54) is 0 Å². The number of primary amides is 1. The minimum Gasteiger partial charge on any atom is -0.387 e. The smallest absolute Gasteiger partial charge is 0.355 e. The van der Waals surface area contributed by atoms with Gasteiger partial charge in [-0.05, 0) is 4.98 Å². The van der Waals surface area contributed by atoms with E-state index in [0.717, 1.165) is 22.4 Å². The molecule has 12 heteroatoms. The number of ether oxygens (including phenoxy) is 1. The number of amides is 1. The first-order valence-electron chi connectivity index (χ1n) is 6.37. The number of carbonyl (C=O) groups excluding carboxylic acids is 1. The molecule has 126 valence electrons. The number of carbonyl (C=O) groups is 1. The fourth-order valence-corrected chi connectivity index (χ4v) is 2.53. The molecule has 0 aliphatic carbocycles. The van der Waals surface area contributed by atoms with E-state index in [9.17, 15) is 19.6 Å². The first-order valence-corrected chi connectivity index (χ1v) is 8.40. The van der Waals surface area contributed by atoms with Crippen molar-refractivity contribution in [2.75, 3.05) is 13.3 Å². The molecule has 0 bridgehead atoms. The summed E-state index contributed by atoms with van der Waals surface area (Å²) in [6.45, 7) is 0.552. The molecular weight excluding hydrogens is 331 g/mol. The average molecular weight is 347 g/mol. The van der Waals surface area contributed by atoms with E-state index in [0.29, 0.717) is 0 Å². The van der Waals surface area contributed by atoms with Crippen LogP contribution in [0.4, 0.5) is 0 Å². The zero-order valence-electron chi connectivity index (χ0n) is 12.0. The fourth-order valence-electron chi connectivity index (χ4n) is 2.10. The summed E-state index contributed by atoms with van der Waals surface area (Å²) in [5.41, 5.74) is 5.12. The lowest BCUT2D eigenvalue weighted by atomic mass is 10.1. The van der Waals surface area contributed by atoms with Crippen molar-refractivity contribution in [2.45, 2.75) is 24.5 Å². The van der Waals surface area contributed by atoms with Gasteiger partial charge < -0.3 is 30.1 Å². The number of hydrogen-bond donors (Lipinski definition) is 4. The monoisotopic (exact) mass is 347 g/mol. The van der Waals surface area contributed by atoms with E-state index in [4.69, 9.17) is 21.8 Å². The average Bonchev–Trinajstić information content (AvgIpc) is 2.99. The van der Waals surface area contributed by atoms with Crippen LogP contribution in [0.25, 0.3) is 0 Å². The van der Waals surface area contributed by atoms with Gasteiger partial charge in [-0.2, -0.15) is 0 Å². The Morgan fingerprint density at radius 3 is 2.83 bits per heavy atom. The van der Waals surface area contributed by atoms with Crippen molar-refractivity contribution in [3.8, 4) is 12.5 Å². The molecule has 1 aliphatic rings. The molecule has 23 heavy (non-hydrogen) atoms. The molecule has 1 aliphatic heterocycles. The van der Waals surface area contributed by atoms with Gasteiger partial charge in [-0.3, -0.25) is 9.36 Å². The first-order chi connectivity index (χ1) is 10.7. The highest BCUT2D eigenvalue weighted by molar-refractivity contribution is 7.51. The van der Waals surface area contributed by atoms with Crippen LogP contribution in [0.1, 0.15) is 16.8 Å². The molecule has 5 atom stereocenters. The molecular formula is C11H16N4O7P+. The summed E-state index contributed by atoms with van der Waals surface area (Å²) >= 11 is 0. The summed E-state index contributed by atoms with van der Waals surface area (Å²) < 4.78 is 23.2. The van der Waals surface area contributed by atoms with Crippen LogP contribution in [0, 0.1) is 12.5 Å². The normalized spacial score (nSPS) is 29.9. The van der Waals surface area contributed by atoms with E-state index >= 15 is 0 Å². The Morgan fingerprint density at radius 1 is 1.65 bits per heavy atom. The molecule has 0 radical (unpaired) electrons. The van der Waals surface area contributed by atoms with Crippen LogP contribution in [-0.4, -0.2) is 62.3 Å². The molecule has 1 saturated heterocycles. The summed E-state index contributed by atoms with van der Waals surface area (Å²) in [6, 6.07) is 2.14. The largest absolute Gasteiger partial charge is 0.387 e. The number of aromatic nitrogens is 3. The van der Waals surface area contributed by atoms with Gasteiger partial charge in [0.05, 0.1) is 12.7 Å². The van der Waals surface area contributed by atoms with Crippen molar-refractivity contribution < 1.29 is 38.4 Å². The summed E-state index contributed by atoms with van der Waals surface area (Å²) in [5, 5.41) is 20.0. The van der Waals surface area contributed by atoms with Gasteiger partial charge in [0.1, 0.15) is 12.2 Å². The molecule has 1 aromatic heterocycles. The summed E-state index contributed by atoms with van der Waals surface area (Å²) in [4.78, 5) is 24.0. The lowest BCUT2D eigenvalue weighted by Gasteiger charge is -2.15. The maximum Gasteiger partial charge on any atom is 0.355 e. The van der Waals surface area contributed by atoms with Crippen molar-refractivity contribution in [3.63, 3.8) is 0 Å². The Labute approximate surface area is 130 Å². The maximum absolute atomic E-state index is 11.2. The third-order valence-corrected chi connectivity index (χ3v) is 3.78. The third kappa shape index (κ3) is 3.59. The Balaban J connectivity index is 2.23. The van der Waals surface area contributed by atoms with Crippen molar-refractivity contribution >= 4 is 13.5 Å². The van der Waals surface area contributed by atoms with E-state index in [1.807, 2.05) is 0 Å². The Morgan fingerprint density at radius 2 is 2.30 bits per heavy atom. The Hall–Kier alpha value is -1.80. The molecule has 2 heterocycles. The van der Waals surface area contributed by atoms with Crippen LogP contribution in [0.5, 0.6) is 0 Å². The van der Waals surface area contributed by atoms with E-state index in [1.54, 1.807) is 0 Å². The highest BCUT2D eigenvalue weighted by Gasteiger charge is 2.48. The number of rotatable bonds is 5. The standard InChI is InChI=1S/C11H15N4O7P/c1-3-14-10(9(12)18)13-5-15(14)11-8(17)7(16)6(22-11)4-21-23(2,19)20/h1,5-8,11,16-17H,4H2,2H3,(H2-,12,18,19,20)/p+1/t6-,7+,8?,11-/m1/s1. The number of nitrogens with zero attached hydrogens (tertiary/aromatic N) is 3. The molecule has 1 aromatic rings. The zero-order chi connectivity index (χ0) is 17.4. The molecule has 1 amide bonds. The van der Waals surface area contributed by atoms with Crippen LogP contribution >= 0.6 is 7.60 Å². The molecule has 1 fully saturated rings. The maximum atomic E-state index is 11.2. The van der Waals surface area contributed by atoms with Gasteiger partial charge in [0.2, 0.25) is 0 Å². The number of hydrogen-bond acceptors (Lipinski definition) is 7. The number of terminal acetylenes is 1. The van der Waals surface area contributed by atoms with Crippen molar-refractivity contribution in [2.24, 2.45) is 5.73 Å². The van der Waals surface area contributed by atoms with Gasteiger partial charge in [0.15, 0.2) is 6.10 Å². The highest BCUT2D eigenvalue weighted by Crippen LogP contribution is 2.38. The minimum absolute atomic E-state index is 0.258. The second kappa shape index (κ2) is 6.37. The number of aliphatic hydroxyl groups excluding tert-OH is 2. The topological polar surface area (TPSA) is 161 Å². The minimum atomic E-state index is -3.77. The molecule has 0 saturated carbocycles. The van der Waals surface area contributed by atoms with Crippen LogP contribution in [0.2, 0.25) is 0 Å². The number of nitrogens with two attached hydrogens (primary N) is 1. The van der Waals surface area contributed by atoms with E-state index < -0.39 is 44.6 Å². The zero-order valence-corrected chi connectivity index (χ0v) is 12.9. The molecule has 0 spiro atoms. The van der Waals surface area contributed by atoms with Gasteiger partial charge in [-0.25, -0.2) is 0 Å². The van der Waals surface area contributed by atoms with Gasteiger partial charge in [0.25, 0.3) is 6.23 Å². The molecule has 5 N–H and O–H groups in total. The second-order valence-corrected chi connectivity index (χ2v) is 6.76. The van der Waals surface area contributed by atoms with Crippen LogP contribution in [-0.2, 0) is 13.8 Å². The van der Waals surface area contributed by atoms with Crippen LogP contribution < -0.4 is 10.4 Å². The van der Waals surface area contributed by atoms with Gasteiger partial charge in [-0.15, -0.1) is 4.68 Å². The lowest BCUT2D eigenvalue weighted by Crippen LogP contribution is -2.52. The van der Waals surface area contributed by atoms with E-state index in [-0.39, 0.29) is 5.82 Å². The number of aliphatic hydroxyl groups is 2. The van der Waals surface area contributed by atoms with Crippen molar-refractivity contribution in [1.82, 2.24) is 9.67 Å². The van der Waals surface area contributed by atoms with Crippen LogP contribution in [0.15, 0.2) is 6.33 Å².